The zero-order valence-corrected chi connectivity index (χ0v) is 23.0. The Morgan fingerprint density at radius 1 is 0.905 bits per heavy atom. The minimum Gasteiger partial charge on any atom is -0.489 e. The molecule has 0 saturated carbocycles. The number of nitrogens with zero attached hydrogens (tertiary/aromatic N) is 3. The highest BCUT2D eigenvalue weighted by Crippen LogP contribution is 2.21. The summed E-state index contributed by atoms with van der Waals surface area (Å²) in [5.74, 6) is 1.34. The van der Waals surface area contributed by atoms with Crippen molar-refractivity contribution in [3.63, 3.8) is 0 Å². The number of nitro groups is 1. The van der Waals surface area contributed by atoms with Crippen molar-refractivity contribution in [1.82, 2.24) is 9.99 Å². The molecule has 0 bridgehead atoms. The number of aromatic nitrogens is 1. The number of benzene rings is 3. The van der Waals surface area contributed by atoms with Gasteiger partial charge in [0.15, 0.2) is 5.76 Å². The van der Waals surface area contributed by atoms with Gasteiger partial charge in [0, 0.05) is 29.2 Å². The standard InChI is InChI=1S/C32H28N4O6/c1-22-9-10-23(2)35(22)26-11-13-28(14-12-26)41-21-30-15-16-31(42-30)32(37)34-33-19-24-5-4-8-29(18-24)40-20-25-6-3-7-27(17-25)36(38)39/h3-19H,20-21H2,1-2H3,(H,34,37)/b33-19+. The van der Waals surface area contributed by atoms with Crippen LogP contribution in [0.2, 0.25) is 0 Å². The molecule has 0 unspecified atom stereocenters. The van der Waals surface area contributed by atoms with Crippen molar-refractivity contribution in [2.75, 3.05) is 0 Å². The number of rotatable bonds is 11. The fraction of sp³-hybridized carbons (Fsp3) is 0.125. The van der Waals surface area contributed by atoms with E-state index in [1.807, 2.05) is 24.3 Å². The van der Waals surface area contributed by atoms with Crippen LogP contribution in [0.1, 0.15) is 38.8 Å². The van der Waals surface area contributed by atoms with Crippen LogP contribution in [0.4, 0.5) is 5.69 Å². The highest BCUT2D eigenvalue weighted by Gasteiger charge is 2.11. The van der Waals surface area contributed by atoms with Crippen LogP contribution >= 0.6 is 0 Å². The van der Waals surface area contributed by atoms with Crippen LogP contribution in [0.3, 0.4) is 0 Å². The van der Waals surface area contributed by atoms with Crippen LogP contribution in [0, 0.1) is 24.0 Å². The Labute approximate surface area is 242 Å². The number of nitrogens with one attached hydrogen (secondary N) is 1. The number of carbonyl (C=O) groups is 1. The molecule has 2 heterocycles. The maximum Gasteiger partial charge on any atom is 0.307 e. The SMILES string of the molecule is Cc1ccc(C)n1-c1ccc(OCc2ccc(C(=O)N/N=C/c3cccc(OCc4cccc([N+](=O)[O-])c4)c3)o2)cc1. The first kappa shape index (κ1) is 27.9. The number of furan rings is 1. The van der Waals surface area contributed by atoms with E-state index < -0.39 is 10.8 Å². The zero-order valence-electron chi connectivity index (χ0n) is 23.0. The van der Waals surface area contributed by atoms with Gasteiger partial charge in [0.2, 0.25) is 0 Å². The number of aryl methyl sites for hydroxylation is 2. The molecule has 1 N–H and O–H groups in total. The van der Waals surface area contributed by atoms with E-state index in [-0.39, 0.29) is 24.7 Å². The van der Waals surface area contributed by atoms with Crippen LogP contribution in [0.5, 0.6) is 11.5 Å². The third-order valence-electron chi connectivity index (χ3n) is 6.40. The molecule has 0 aliphatic carbocycles. The summed E-state index contributed by atoms with van der Waals surface area (Å²) in [5, 5.41) is 15.0. The van der Waals surface area contributed by atoms with Crippen molar-refractivity contribution in [2.45, 2.75) is 27.1 Å². The van der Waals surface area contributed by atoms with E-state index in [4.69, 9.17) is 13.9 Å². The molecular weight excluding hydrogens is 536 g/mol. The molecule has 0 fully saturated rings. The summed E-state index contributed by atoms with van der Waals surface area (Å²) in [5.41, 5.74) is 7.19. The third kappa shape index (κ3) is 6.92. The molecule has 1 amide bonds. The van der Waals surface area contributed by atoms with Gasteiger partial charge in [-0.15, -0.1) is 0 Å². The van der Waals surface area contributed by atoms with Gasteiger partial charge < -0.3 is 18.5 Å². The molecule has 0 saturated heterocycles. The first-order valence-corrected chi connectivity index (χ1v) is 13.1. The smallest absolute Gasteiger partial charge is 0.307 e. The van der Waals surface area contributed by atoms with Crippen molar-refractivity contribution in [3.8, 4) is 17.2 Å². The van der Waals surface area contributed by atoms with Gasteiger partial charge in [0.25, 0.3) is 5.69 Å². The zero-order chi connectivity index (χ0) is 29.5. The molecule has 42 heavy (non-hydrogen) atoms. The van der Waals surface area contributed by atoms with E-state index in [1.165, 1.54) is 18.3 Å². The molecule has 212 valence electrons. The predicted octanol–water partition coefficient (Wildman–Crippen LogP) is 6.52. The van der Waals surface area contributed by atoms with E-state index in [2.05, 4.69) is 41.1 Å². The van der Waals surface area contributed by atoms with Crippen LogP contribution in [0.25, 0.3) is 5.69 Å². The van der Waals surface area contributed by atoms with E-state index in [1.54, 1.807) is 48.5 Å². The second kappa shape index (κ2) is 12.7. The minimum atomic E-state index is -0.502. The monoisotopic (exact) mass is 564 g/mol. The lowest BCUT2D eigenvalue weighted by Crippen LogP contribution is -2.16. The molecule has 2 aromatic heterocycles. The summed E-state index contributed by atoms with van der Waals surface area (Å²) < 4.78 is 19.4. The maximum atomic E-state index is 12.5. The topological polar surface area (TPSA) is 121 Å². The van der Waals surface area contributed by atoms with Gasteiger partial charge in [-0.05, 0) is 85.6 Å². The molecule has 5 rings (SSSR count). The number of hydrogen-bond acceptors (Lipinski definition) is 7. The minimum absolute atomic E-state index is 0.00713. The number of nitro benzene ring substituents is 1. The maximum absolute atomic E-state index is 12.5. The Hall–Kier alpha value is -5.64. The molecule has 0 spiro atoms. The number of amides is 1. The lowest BCUT2D eigenvalue weighted by molar-refractivity contribution is -0.384. The molecule has 0 atom stereocenters. The van der Waals surface area contributed by atoms with E-state index in [9.17, 15) is 14.9 Å². The fourth-order valence-corrected chi connectivity index (χ4v) is 4.33. The average Bonchev–Trinajstić information content (AvgIpc) is 3.61. The van der Waals surface area contributed by atoms with Crippen molar-refractivity contribution in [3.05, 3.63) is 141 Å². The highest BCUT2D eigenvalue weighted by atomic mass is 16.6. The normalized spacial score (nSPS) is 11.0. The fourth-order valence-electron chi connectivity index (χ4n) is 4.33. The average molecular weight is 565 g/mol. The summed E-state index contributed by atoms with van der Waals surface area (Å²) >= 11 is 0. The van der Waals surface area contributed by atoms with Gasteiger partial charge >= 0.3 is 5.91 Å². The summed E-state index contributed by atoms with van der Waals surface area (Å²) in [4.78, 5) is 23.0. The Kier molecular flexibility index (Phi) is 8.43. The molecule has 3 aromatic carbocycles. The third-order valence-corrected chi connectivity index (χ3v) is 6.40. The van der Waals surface area contributed by atoms with Crippen LogP contribution in [-0.2, 0) is 13.2 Å². The van der Waals surface area contributed by atoms with Crippen molar-refractivity contribution < 1.29 is 23.6 Å². The molecule has 5 aromatic rings. The summed E-state index contributed by atoms with van der Waals surface area (Å²) in [6, 6.07) is 28.5. The molecule has 0 radical (unpaired) electrons. The van der Waals surface area contributed by atoms with Gasteiger partial charge in [0.1, 0.15) is 30.5 Å². The van der Waals surface area contributed by atoms with Gasteiger partial charge in [0.05, 0.1) is 11.1 Å². The molecule has 0 aliphatic rings. The van der Waals surface area contributed by atoms with Crippen LogP contribution in [-0.4, -0.2) is 21.6 Å². The summed E-state index contributed by atoms with van der Waals surface area (Å²) in [6.45, 7) is 4.46. The Morgan fingerprint density at radius 3 is 2.40 bits per heavy atom. The predicted molar refractivity (Wildman–Crippen MR) is 157 cm³/mol. The second-order valence-corrected chi connectivity index (χ2v) is 9.49. The Bertz CT molecular complexity index is 1720. The number of non-ortho nitro benzene ring substituents is 1. The van der Waals surface area contributed by atoms with Gasteiger partial charge in [-0.25, -0.2) is 5.43 Å². The van der Waals surface area contributed by atoms with Crippen molar-refractivity contribution in [1.29, 1.82) is 0 Å². The van der Waals surface area contributed by atoms with E-state index in [0.29, 0.717) is 28.4 Å². The Balaban J connectivity index is 1.11. The highest BCUT2D eigenvalue weighted by molar-refractivity contribution is 5.92. The molecule has 10 nitrogen and oxygen atoms in total. The number of hydrogen-bond donors (Lipinski definition) is 1. The molecular formula is C32H28N4O6. The van der Waals surface area contributed by atoms with Gasteiger partial charge in [-0.3, -0.25) is 14.9 Å². The molecule has 10 heteroatoms. The van der Waals surface area contributed by atoms with E-state index in [0.717, 1.165) is 17.1 Å². The number of carbonyl (C=O) groups excluding carboxylic acids is 1. The van der Waals surface area contributed by atoms with Crippen LogP contribution in [0.15, 0.2) is 107 Å². The van der Waals surface area contributed by atoms with Gasteiger partial charge in [-0.1, -0.05) is 24.3 Å². The van der Waals surface area contributed by atoms with Crippen LogP contribution < -0.4 is 14.9 Å². The second-order valence-electron chi connectivity index (χ2n) is 9.49. The first-order chi connectivity index (χ1) is 20.4. The van der Waals surface area contributed by atoms with E-state index >= 15 is 0 Å². The largest absolute Gasteiger partial charge is 0.489 e. The summed E-state index contributed by atoms with van der Waals surface area (Å²) in [6.07, 6.45) is 1.48. The van der Waals surface area contributed by atoms with Crippen molar-refractivity contribution >= 4 is 17.8 Å². The van der Waals surface area contributed by atoms with Crippen molar-refractivity contribution in [2.24, 2.45) is 5.10 Å². The number of hydrazone groups is 1. The first-order valence-electron chi connectivity index (χ1n) is 13.1. The lowest BCUT2D eigenvalue weighted by Gasteiger charge is -2.10. The summed E-state index contributed by atoms with van der Waals surface area (Å²) in [7, 11) is 0. The lowest BCUT2D eigenvalue weighted by atomic mass is 10.2. The van der Waals surface area contributed by atoms with Gasteiger partial charge in [-0.2, -0.15) is 5.10 Å². The quantitative estimate of drug-likeness (QED) is 0.111. The number of ether oxygens (including phenoxy) is 2. The molecule has 0 aliphatic heterocycles. The Morgan fingerprint density at radius 2 is 1.64 bits per heavy atom.